The largest absolute Gasteiger partial charge is 0.390 e. The maximum absolute atomic E-state index is 13.5. The summed E-state index contributed by atoms with van der Waals surface area (Å²) in [7, 11) is 1.51. The molecule has 1 aromatic carbocycles. The van der Waals surface area contributed by atoms with Crippen LogP contribution in [0.4, 0.5) is 10.1 Å². The van der Waals surface area contributed by atoms with Gasteiger partial charge in [0, 0.05) is 25.3 Å². The summed E-state index contributed by atoms with van der Waals surface area (Å²) in [6.07, 6.45) is 1.99. The molecule has 3 rings (SSSR count). The summed E-state index contributed by atoms with van der Waals surface area (Å²) in [6, 6.07) is 5.77. The summed E-state index contributed by atoms with van der Waals surface area (Å²) in [6.45, 7) is 6.00. The zero-order valence-electron chi connectivity index (χ0n) is 17.1. The number of hydrogen-bond acceptors (Lipinski definition) is 5. The van der Waals surface area contributed by atoms with Gasteiger partial charge in [0.15, 0.2) is 0 Å². The van der Waals surface area contributed by atoms with Gasteiger partial charge in [-0.05, 0) is 64.3 Å². The number of anilines is 1. The minimum atomic E-state index is -1.34. The average Bonchev–Trinajstić information content (AvgIpc) is 2.62. The van der Waals surface area contributed by atoms with Crippen molar-refractivity contribution in [1.29, 1.82) is 0 Å². The van der Waals surface area contributed by atoms with Gasteiger partial charge in [-0.15, -0.1) is 0 Å². The number of fused-ring (bicyclic) bond motifs is 1. The van der Waals surface area contributed by atoms with Gasteiger partial charge in [0.2, 0.25) is 0 Å². The standard InChI is InChI=1S/C22H32FNO4/c1-14(2)5-10-18-21(3,26)20-19(28-4)17(25)11-12-22(20,27)13-24(18)16-8-6-15(23)7-9-16/h5-9,17-20,25-27H,10-13H2,1-4H3/t17-,18+,19-,20-,21+,22+/m1/s1. The molecule has 1 aliphatic heterocycles. The van der Waals surface area contributed by atoms with E-state index in [0.717, 1.165) is 11.3 Å². The van der Waals surface area contributed by atoms with Crippen molar-refractivity contribution in [1.82, 2.24) is 0 Å². The summed E-state index contributed by atoms with van der Waals surface area (Å²) in [5, 5.41) is 33.7. The van der Waals surface area contributed by atoms with Crippen molar-refractivity contribution in [3.05, 3.63) is 41.7 Å². The van der Waals surface area contributed by atoms with E-state index < -0.39 is 29.3 Å². The minimum absolute atomic E-state index is 0.285. The Morgan fingerprint density at radius 2 is 1.93 bits per heavy atom. The fourth-order valence-electron chi connectivity index (χ4n) is 5.14. The number of methoxy groups -OCH3 is 1. The second-order valence-corrected chi connectivity index (χ2v) is 8.75. The summed E-state index contributed by atoms with van der Waals surface area (Å²) >= 11 is 0. The minimum Gasteiger partial charge on any atom is -0.390 e. The van der Waals surface area contributed by atoms with Crippen LogP contribution < -0.4 is 4.90 Å². The van der Waals surface area contributed by atoms with Crippen LogP contribution in [0.25, 0.3) is 0 Å². The van der Waals surface area contributed by atoms with E-state index in [4.69, 9.17) is 4.74 Å². The van der Waals surface area contributed by atoms with Gasteiger partial charge in [-0.2, -0.15) is 0 Å². The highest BCUT2D eigenvalue weighted by molar-refractivity contribution is 5.50. The fraction of sp³-hybridized carbons (Fsp3) is 0.636. The van der Waals surface area contributed by atoms with Gasteiger partial charge in [0.05, 0.1) is 29.5 Å². The molecule has 3 N–H and O–H groups in total. The van der Waals surface area contributed by atoms with Crippen LogP contribution in [-0.2, 0) is 4.74 Å². The second kappa shape index (κ2) is 7.75. The molecule has 0 radical (unpaired) electrons. The first-order valence-corrected chi connectivity index (χ1v) is 9.91. The number of allylic oxidation sites excluding steroid dienone is 1. The topological polar surface area (TPSA) is 73.2 Å². The number of hydrogen-bond donors (Lipinski definition) is 3. The molecule has 0 amide bonds. The third-order valence-corrected chi connectivity index (χ3v) is 6.46. The van der Waals surface area contributed by atoms with Gasteiger partial charge < -0.3 is 25.0 Å². The highest BCUT2D eigenvalue weighted by Gasteiger charge is 2.63. The molecule has 5 nitrogen and oxygen atoms in total. The van der Waals surface area contributed by atoms with Crippen LogP contribution >= 0.6 is 0 Å². The molecule has 0 spiro atoms. The van der Waals surface area contributed by atoms with Crippen LogP contribution in [0.5, 0.6) is 0 Å². The van der Waals surface area contributed by atoms with Crippen LogP contribution in [0.1, 0.15) is 40.0 Å². The average molecular weight is 393 g/mol. The number of β-amino-alcohol motifs (C(OH)–C–C–N with tert-alkyl or cyclic N) is 1. The lowest BCUT2D eigenvalue weighted by molar-refractivity contribution is -0.232. The zero-order valence-corrected chi connectivity index (χ0v) is 17.1. The van der Waals surface area contributed by atoms with Crippen molar-refractivity contribution >= 4 is 5.69 Å². The first-order chi connectivity index (χ1) is 13.1. The summed E-state index contributed by atoms with van der Waals surface area (Å²) < 4.78 is 19.0. The lowest BCUT2D eigenvalue weighted by Crippen LogP contribution is -2.75. The molecule has 2 aliphatic rings. The van der Waals surface area contributed by atoms with Crippen LogP contribution in [0, 0.1) is 11.7 Å². The SMILES string of the molecule is CO[C@@H]1[C@H](O)CC[C@]2(O)CN(c3ccc(F)cc3)[C@@H](CC=C(C)C)[C@](C)(O)[C@@H]12. The molecule has 0 bridgehead atoms. The number of benzene rings is 1. The predicted molar refractivity (Wildman–Crippen MR) is 107 cm³/mol. The lowest BCUT2D eigenvalue weighted by Gasteiger charge is -2.61. The van der Waals surface area contributed by atoms with Gasteiger partial charge in [-0.25, -0.2) is 4.39 Å². The highest BCUT2D eigenvalue weighted by Crippen LogP contribution is 2.49. The number of piperidine rings is 1. The Morgan fingerprint density at radius 1 is 1.29 bits per heavy atom. The molecule has 28 heavy (non-hydrogen) atoms. The maximum atomic E-state index is 13.5. The third-order valence-electron chi connectivity index (χ3n) is 6.46. The van der Waals surface area contributed by atoms with Gasteiger partial charge in [-0.1, -0.05) is 11.6 Å². The van der Waals surface area contributed by atoms with E-state index in [1.165, 1.54) is 19.2 Å². The van der Waals surface area contributed by atoms with Crippen molar-refractivity contribution in [3.8, 4) is 0 Å². The van der Waals surface area contributed by atoms with E-state index in [1.54, 1.807) is 19.1 Å². The van der Waals surface area contributed by atoms with Crippen LogP contribution in [-0.4, -0.2) is 58.4 Å². The molecule has 1 saturated carbocycles. The summed E-state index contributed by atoms with van der Waals surface area (Å²) in [4.78, 5) is 1.97. The van der Waals surface area contributed by atoms with E-state index in [9.17, 15) is 19.7 Å². The molecule has 0 unspecified atom stereocenters. The van der Waals surface area contributed by atoms with Crippen LogP contribution in [0.3, 0.4) is 0 Å². The summed E-state index contributed by atoms with van der Waals surface area (Å²) in [5.74, 6) is -0.966. The number of aliphatic hydroxyl groups is 3. The lowest BCUT2D eigenvalue weighted by atomic mass is 9.59. The Hall–Kier alpha value is -1.47. The van der Waals surface area contributed by atoms with E-state index in [2.05, 4.69) is 6.08 Å². The van der Waals surface area contributed by atoms with Crippen LogP contribution in [0.2, 0.25) is 0 Å². The smallest absolute Gasteiger partial charge is 0.123 e. The molecule has 2 fully saturated rings. The number of aliphatic hydroxyl groups excluding tert-OH is 1. The molecule has 1 heterocycles. The molecular weight excluding hydrogens is 361 g/mol. The Balaban J connectivity index is 2.08. The number of ether oxygens (including phenoxy) is 1. The number of nitrogens with zero attached hydrogens (tertiary/aromatic N) is 1. The Labute approximate surface area is 166 Å². The Bertz CT molecular complexity index is 716. The molecule has 1 aliphatic carbocycles. The van der Waals surface area contributed by atoms with Gasteiger partial charge in [0.25, 0.3) is 0 Å². The fourth-order valence-corrected chi connectivity index (χ4v) is 5.14. The van der Waals surface area contributed by atoms with Crippen molar-refractivity contribution in [3.63, 3.8) is 0 Å². The van der Waals surface area contributed by atoms with Crippen molar-refractivity contribution < 1.29 is 24.4 Å². The van der Waals surface area contributed by atoms with E-state index >= 15 is 0 Å². The monoisotopic (exact) mass is 393 g/mol. The van der Waals surface area contributed by atoms with E-state index in [-0.39, 0.29) is 18.4 Å². The van der Waals surface area contributed by atoms with E-state index in [1.807, 2.05) is 18.7 Å². The van der Waals surface area contributed by atoms with Gasteiger partial charge in [-0.3, -0.25) is 0 Å². The quantitative estimate of drug-likeness (QED) is 0.686. The maximum Gasteiger partial charge on any atom is 0.123 e. The zero-order chi connectivity index (χ0) is 20.7. The molecule has 1 aromatic rings. The predicted octanol–water partition coefficient (Wildman–Crippen LogP) is 2.64. The number of rotatable bonds is 4. The van der Waals surface area contributed by atoms with E-state index in [0.29, 0.717) is 19.3 Å². The third kappa shape index (κ3) is 3.71. The Morgan fingerprint density at radius 3 is 2.50 bits per heavy atom. The van der Waals surface area contributed by atoms with Crippen molar-refractivity contribution in [2.24, 2.45) is 5.92 Å². The number of halogens is 1. The summed E-state index contributed by atoms with van der Waals surface area (Å²) in [5.41, 5.74) is -0.683. The molecule has 6 atom stereocenters. The van der Waals surface area contributed by atoms with Gasteiger partial charge in [0.1, 0.15) is 5.82 Å². The normalized spacial score (nSPS) is 38.1. The molecule has 6 heteroatoms. The molecular formula is C22H32FNO4. The first-order valence-electron chi connectivity index (χ1n) is 9.91. The van der Waals surface area contributed by atoms with Crippen molar-refractivity contribution in [2.75, 3.05) is 18.6 Å². The van der Waals surface area contributed by atoms with Gasteiger partial charge >= 0.3 is 0 Å². The van der Waals surface area contributed by atoms with Crippen molar-refractivity contribution in [2.45, 2.75) is 69.5 Å². The highest BCUT2D eigenvalue weighted by atomic mass is 19.1. The second-order valence-electron chi connectivity index (χ2n) is 8.75. The molecule has 1 saturated heterocycles. The molecule has 0 aromatic heterocycles. The Kier molecular flexibility index (Phi) is 5.88. The first kappa shape index (κ1) is 21.2. The molecule has 156 valence electrons. The van der Waals surface area contributed by atoms with Crippen LogP contribution in [0.15, 0.2) is 35.9 Å².